The first kappa shape index (κ1) is 10.2. The van der Waals surface area contributed by atoms with E-state index < -0.39 is 5.97 Å². The monoisotopic (exact) mass is 205 g/mol. The minimum atomic E-state index is -0.744. The Balaban J connectivity index is 2.17. The van der Waals surface area contributed by atoms with Gasteiger partial charge in [0.2, 0.25) is 0 Å². The lowest BCUT2D eigenvalue weighted by Crippen LogP contribution is -2.35. The highest BCUT2D eigenvalue weighted by molar-refractivity contribution is 5.69. The predicted octanol–water partition coefficient (Wildman–Crippen LogP) is 1.44. The van der Waals surface area contributed by atoms with Gasteiger partial charge in [-0.3, -0.25) is 9.69 Å². The van der Waals surface area contributed by atoms with Crippen LogP contribution in [0.2, 0.25) is 0 Å². The van der Waals surface area contributed by atoms with E-state index in [4.69, 9.17) is 5.11 Å². The predicted molar refractivity (Wildman–Crippen MR) is 57.8 cm³/mol. The molecule has 0 unspecified atom stereocenters. The lowest BCUT2D eigenvalue weighted by Gasteiger charge is -2.28. The van der Waals surface area contributed by atoms with E-state index in [1.165, 1.54) is 16.7 Å². The summed E-state index contributed by atoms with van der Waals surface area (Å²) in [7, 11) is 0. The minimum Gasteiger partial charge on any atom is -0.480 e. The fourth-order valence-electron chi connectivity index (χ4n) is 2.19. The summed E-state index contributed by atoms with van der Waals surface area (Å²) in [6.45, 7) is 3.88. The minimum absolute atomic E-state index is 0.146. The molecule has 1 heterocycles. The van der Waals surface area contributed by atoms with Gasteiger partial charge in [0, 0.05) is 13.1 Å². The van der Waals surface area contributed by atoms with Crippen molar-refractivity contribution >= 4 is 5.97 Å². The van der Waals surface area contributed by atoms with Crippen LogP contribution in [0.3, 0.4) is 0 Å². The van der Waals surface area contributed by atoms with Crippen molar-refractivity contribution in [3.63, 3.8) is 0 Å². The zero-order chi connectivity index (χ0) is 10.8. The number of rotatable bonds is 2. The molecule has 3 nitrogen and oxygen atoms in total. The van der Waals surface area contributed by atoms with Crippen LogP contribution in [-0.4, -0.2) is 29.1 Å². The van der Waals surface area contributed by atoms with Gasteiger partial charge in [-0.25, -0.2) is 0 Å². The van der Waals surface area contributed by atoms with Crippen LogP contribution in [0.5, 0.6) is 0 Å². The van der Waals surface area contributed by atoms with Crippen LogP contribution in [-0.2, 0) is 17.8 Å². The van der Waals surface area contributed by atoms with E-state index in [1.807, 2.05) is 11.0 Å². The zero-order valence-electron chi connectivity index (χ0n) is 8.86. The molecule has 1 aromatic rings. The Morgan fingerprint density at radius 2 is 2.33 bits per heavy atom. The summed E-state index contributed by atoms with van der Waals surface area (Å²) in [6, 6.07) is 6.25. The summed E-state index contributed by atoms with van der Waals surface area (Å²) in [5, 5.41) is 8.73. The lowest BCUT2D eigenvalue weighted by atomic mass is 9.95. The van der Waals surface area contributed by atoms with Crippen molar-refractivity contribution in [3.05, 3.63) is 34.9 Å². The van der Waals surface area contributed by atoms with Crippen LogP contribution in [0.15, 0.2) is 18.2 Å². The van der Waals surface area contributed by atoms with E-state index in [2.05, 4.69) is 19.1 Å². The molecule has 0 atom stereocenters. The number of fused-ring (bicyclic) bond motifs is 1. The highest BCUT2D eigenvalue weighted by atomic mass is 16.4. The van der Waals surface area contributed by atoms with Gasteiger partial charge < -0.3 is 5.11 Å². The van der Waals surface area contributed by atoms with Crippen molar-refractivity contribution in [3.8, 4) is 0 Å². The van der Waals surface area contributed by atoms with E-state index in [9.17, 15) is 4.79 Å². The van der Waals surface area contributed by atoms with Crippen molar-refractivity contribution in [1.29, 1.82) is 0 Å². The van der Waals surface area contributed by atoms with Crippen molar-refractivity contribution in [2.75, 3.05) is 13.1 Å². The van der Waals surface area contributed by atoms with E-state index in [0.29, 0.717) is 0 Å². The molecule has 1 aliphatic rings. The SMILES string of the molecule is Cc1cccc2c1CCN(CC(=O)O)C2. The Hall–Kier alpha value is -1.35. The van der Waals surface area contributed by atoms with Crippen LogP contribution >= 0.6 is 0 Å². The summed E-state index contributed by atoms with van der Waals surface area (Å²) in [6.07, 6.45) is 0.968. The third-order valence-electron chi connectivity index (χ3n) is 2.94. The molecule has 0 radical (unpaired) electrons. The van der Waals surface area contributed by atoms with Gasteiger partial charge in [0.25, 0.3) is 0 Å². The van der Waals surface area contributed by atoms with Gasteiger partial charge in [-0.1, -0.05) is 18.2 Å². The first-order chi connectivity index (χ1) is 7.16. The second-order valence-electron chi connectivity index (χ2n) is 4.07. The molecule has 0 aromatic heterocycles. The smallest absolute Gasteiger partial charge is 0.317 e. The molecular weight excluding hydrogens is 190 g/mol. The van der Waals surface area contributed by atoms with E-state index in [1.54, 1.807) is 0 Å². The summed E-state index contributed by atoms with van der Waals surface area (Å²) >= 11 is 0. The fourth-order valence-corrected chi connectivity index (χ4v) is 2.19. The Bertz CT molecular complexity index is 387. The van der Waals surface area contributed by atoms with Crippen LogP contribution in [0.1, 0.15) is 16.7 Å². The Morgan fingerprint density at radius 3 is 3.07 bits per heavy atom. The molecule has 0 bridgehead atoms. The maximum absolute atomic E-state index is 10.6. The molecule has 1 aliphatic heterocycles. The van der Waals surface area contributed by atoms with Crippen LogP contribution in [0.25, 0.3) is 0 Å². The third-order valence-corrected chi connectivity index (χ3v) is 2.94. The lowest BCUT2D eigenvalue weighted by molar-refractivity contribution is -0.138. The Morgan fingerprint density at radius 1 is 1.53 bits per heavy atom. The Kier molecular flexibility index (Phi) is 2.73. The van der Waals surface area contributed by atoms with E-state index in [0.717, 1.165) is 19.5 Å². The molecule has 0 fully saturated rings. The first-order valence-electron chi connectivity index (χ1n) is 5.18. The van der Waals surface area contributed by atoms with Crippen molar-refractivity contribution < 1.29 is 9.90 Å². The zero-order valence-corrected chi connectivity index (χ0v) is 8.86. The molecule has 0 amide bonds. The molecule has 2 rings (SSSR count). The standard InChI is InChI=1S/C12H15NO2/c1-9-3-2-4-10-7-13(8-12(14)15)6-5-11(9)10/h2-4H,5-8H2,1H3,(H,14,15). The molecule has 3 heteroatoms. The van der Waals surface area contributed by atoms with Gasteiger partial charge in [0.15, 0.2) is 0 Å². The van der Waals surface area contributed by atoms with Gasteiger partial charge in [-0.2, -0.15) is 0 Å². The molecule has 0 saturated heterocycles. The third kappa shape index (κ3) is 2.18. The van der Waals surface area contributed by atoms with Gasteiger partial charge in [0.05, 0.1) is 6.54 Å². The number of carbonyl (C=O) groups is 1. The van der Waals surface area contributed by atoms with Crippen LogP contribution < -0.4 is 0 Å². The maximum Gasteiger partial charge on any atom is 0.317 e. The van der Waals surface area contributed by atoms with Gasteiger partial charge in [-0.05, 0) is 30.0 Å². The van der Waals surface area contributed by atoms with Crippen molar-refractivity contribution in [2.45, 2.75) is 19.9 Å². The van der Waals surface area contributed by atoms with E-state index in [-0.39, 0.29) is 6.54 Å². The molecule has 1 N–H and O–H groups in total. The number of hydrogen-bond acceptors (Lipinski definition) is 2. The largest absolute Gasteiger partial charge is 0.480 e. The fraction of sp³-hybridized carbons (Fsp3) is 0.417. The number of nitrogens with zero attached hydrogens (tertiary/aromatic N) is 1. The normalized spacial score (nSPS) is 16.1. The van der Waals surface area contributed by atoms with Gasteiger partial charge >= 0.3 is 5.97 Å². The topological polar surface area (TPSA) is 40.5 Å². The van der Waals surface area contributed by atoms with Crippen LogP contribution in [0, 0.1) is 6.92 Å². The molecule has 1 aromatic carbocycles. The molecule has 15 heavy (non-hydrogen) atoms. The number of carboxylic acid groups (broad SMARTS) is 1. The van der Waals surface area contributed by atoms with Crippen LogP contribution in [0.4, 0.5) is 0 Å². The molecule has 0 spiro atoms. The van der Waals surface area contributed by atoms with E-state index >= 15 is 0 Å². The van der Waals surface area contributed by atoms with Crippen molar-refractivity contribution in [2.24, 2.45) is 0 Å². The summed E-state index contributed by atoms with van der Waals surface area (Å²) in [4.78, 5) is 12.6. The second-order valence-corrected chi connectivity index (χ2v) is 4.07. The first-order valence-corrected chi connectivity index (χ1v) is 5.18. The highest BCUT2D eigenvalue weighted by Gasteiger charge is 2.18. The maximum atomic E-state index is 10.6. The second kappa shape index (κ2) is 4.03. The summed E-state index contributed by atoms with van der Waals surface area (Å²) < 4.78 is 0. The quantitative estimate of drug-likeness (QED) is 0.794. The molecule has 80 valence electrons. The average Bonchev–Trinajstić information content (AvgIpc) is 2.17. The molecule has 0 aliphatic carbocycles. The van der Waals surface area contributed by atoms with Gasteiger partial charge in [-0.15, -0.1) is 0 Å². The summed E-state index contributed by atoms with van der Waals surface area (Å²) in [5.41, 5.74) is 4.00. The number of hydrogen-bond donors (Lipinski definition) is 1. The number of carboxylic acids is 1. The number of benzene rings is 1. The Labute approximate surface area is 89.3 Å². The summed E-state index contributed by atoms with van der Waals surface area (Å²) in [5.74, 6) is -0.744. The number of aliphatic carboxylic acids is 1. The van der Waals surface area contributed by atoms with Gasteiger partial charge in [0.1, 0.15) is 0 Å². The molecular formula is C12H15NO2. The average molecular weight is 205 g/mol. The number of aryl methyl sites for hydroxylation is 1. The van der Waals surface area contributed by atoms with Crippen molar-refractivity contribution in [1.82, 2.24) is 4.90 Å². The molecule has 0 saturated carbocycles. The highest BCUT2D eigenvalue weighted by Crippen LogP contribution is 2.21.